The van der Waals surface area contributed by atoms with Crippen molar-refractivity contribution in [3.63, 3.8) is 0 Å². The van der Waals surface area contributed by atoms with Gasteiger partial charge in [-0.05, 0) is 12.0 Å². The van der Waals surface area contributed by atoms with E-state index in [1.807, 2.05) is 37.3 Å². The molecule has 1 aromatic carbocycles. The molecular weight excluding hydrogens is 164 g/mol. The number of benzene rings is 1. The molecule has 1 aliphatic carbocycles. The second kappa shape index (κ2) is 2.59. The molecule has 0 aromatic heterocycles. The highest BCUT2D eigenvalue weighted by atomic mass is 16.4. The smallest absolute Gasteiger partial charge is 0.307 e. The average Bonchev–Trinajstić information content (AvgIpc) is 2.82. The number of hydrogen-bond donors (Lipinski definition) is 1. The number of hydrogen-bond acceptors (Lipinski definition) is 1. The molecule has 0 amide bonds. The third-order valence-corrected chi connectivity index (χ3v) is 2.97. The highest BCUT2D eigenvalue weighted by Crippen LogP contribution is 2.53. The number of rotatable bonds is 2. The van der Waals surface area contributed by atoms with Crippen molar-refractivity contribution in [1.82, 2.24) is 0 Å². The molecule has 1 N–H and O–H groups in total. The second-order valence-corrected chi connectivity index (χ2v) is 3.88. The van der Waals surface area contributed by atoms with Crippen LogP contribution in [-0.2, 0) is 10.2 Å². The summed E-state index contributed by atoms with van der Waals surface area (Å²) in [5, 5.41) is 8.85. The van der Waals surface area contributed by atoms with Crippen molar-refractivity contribution >= 4 is 5.97 Å². The van der Waals surface area contributed by atoms with Crippen LogP contribution in [0.3, 0.4) is 0 Å². The fourth-order valence-corrected chi connectivity index (χ4v) is 1.86. The molecule has 0 unspecified atom stereocenters. The molecule has 1 fully saturated rings. The van der Waals surface area contributed by atoms with E-state index in [2.05, 4.69) is 0 Å². The van der Waals surface area contributed by atoms with Crippen LogP contribution >= 0.6 is 0 Å². The summed E-state index contributed by atoms with van der Waals surface area (Å²) < 4.78 is 0. The van der Waals surface area contributed by atoms with E-state index in [9.17, 15) is 4.79 Å². The SMILES string of the molecule is C[C@@]1(c2ccccc2)C[C@H]1C(=O)O. The zero-order chi connectivity index (χ0) is 9.47. The molecule has 68 valence electrons. The molecule has 2 atom stereocenters. The maximum absolute atomic E-state index is 10.8. The first-order valence-corrected chi connectivity index (χ1v) is 4.43. The fraction of sp³-hybridized carbons (Fsp3) is 0.364. The van der Waals surface area contributed by atoms with Crippen LogP contribution in [0.5, 0.6) is 0 Å². The standard InChI is InChI=1S/C11H12O2/c1-11(7-9(11)10(12)13)8-5-3-2-4-6-8/h2-6,9H,7H2,1H3,(H,12,13)/t9-,11-/m0/s1. The van der Waals surface area contributed by atoms with Crippen molar-refractivity contribution in [2.75, 3.05) is 0 Å². The summed E-state index contributed by atoms with van der Waals surface area (Å²) in [5.74, 6) is -0.860. The minimum atomic E-state index is -0.675. The van der Waals surface area contributed by atoms with Crippen LogP contribution in [-0.4, -0.2) is 11.1 Å². The van der Waals surface area contributed by atoms with Crippen LogP contribution in [0, 0.1) is 5.92 Å². The maximum atomic E-state index is 10.8. The van der Waals surface area contributed by atoms with Crippen LogP contribution in [0.2, 0.25) is 0 Å². The van der Waals surface area contributed by atoms with E-state index in [0.29, 0.717) is 0 Å². The van der Waals surface area contributed by atoms with Gasteiger partial charge in [-0.3, -0.25) is 4.79 Å². The van der Waals surface area contributed by atoms with E-state index in [4.69, 9.17) is 5.11 Å². The summed E-state index contributed by atoms with van der Waals surface area (Å²) in [5.41, 5.74) is 1.02. The summed E-state index contributed by atoms with van der Waals surface area (Å²) in [4.78, 5) is 10.8. The molecule has 1 aromatic rings. The Bertz CT molecular complexity index is 331. The third-order valence-electron chi connectivity index (χ3n) is 2.97. The molecular formula is C11H12O2. The van der Waals surface area contributed by atoms with E-state index in [1.54, 1.807) is 0 Å². The Hall–Kier alpha value is -1.31. The van der Waals surface area contributed by atoms with Gasteiger partial charge < -0.3 is 5.11 Å². The van der Waals surface area contributed by atoms with Crippen molar-refractivity contribution < 1.29 is 9.90 Å². The largest absolute Gasteiger partial charge is 0.481 e. The monoisotopic (exact) mass is 176 g/mol. The van der Waals surface area contributed by atoms with Crippen LogP contribution in [0.25, 0.3) is 0 Å². The van der Waals surface area contributed by atoms with Gasteiger partial charge in [-0.2, -0.15) is 0 Å². The van der Waals surface area contributed by atoms with Gasteiger partial charge in [0.15, 0.2) is 0 Å². The fourth-order valence-electron chi connectivity index (χ4n) is 1.86. The summed E-state index contributed by atoms with van der Waals surface area (Å²) >= 11 is 0. The Labute approximate surface area is 77.2 Å². The molecule has 0 spiro atoms. The number of carbonyl (C=O) groups is 1. The van der Waals surface area contributed by atoms with Gasteiger partial charge in [-0.1, -0.05) is 37.3 Å². The summed E-state index contributed by atoms with van der Waals surface area (Å²) in [6.45, 7) is 2.02. The molecule has 1 aliphatic rings. The van der Waals surface area contributed by atoms with Crippen LogP contribution in [0.15, 0.2) is 30.3 Å². The van der Waals surface area contributed by atoms with Gasteiger partial charge in [0.05, 0.1) is 5.92 Å². The topological polar surface area (TPSA) is 37.3 Å². The number of aliphatic carboxylic acids is 1. The van der Waals surface area contributed by atoms with E-state index < -0.39 is 5.97 Å². The van der Waals surface area contributed by atoms with E-state index in [1.165, 1.54) is 0 Å². The van der Waals surface area contributed by atoms with Crippen LogP contribution in [0.4, 0.5) is 0 Å². The third kappa shape index (κ3) is 1.22. The first-order valence-electron chi connectivity index (χ1n) is 4.43. The summed E-state index contributed by atoms with van der Waals surface area (Å²) in [7, 11) is 0. The molecule has 0 heterocycles. The van der Waals surface area contributed by atoms with Gasteiger partial charge in [0.25, 0.3) is 0 Å². The molecule has 0 radical (unpaired) electrons. The van der Waals surface area contributed by atoms with Crippen molar-refractivity contribution in [3.05, 3.63) is 35.9 Å². The molecule has 2 nitrogen and oxygen atoms in total. The van der Waals surface area contributed by atoms with Crippen molar-refractivity contribution in [2.24, 2.45) is 5.92 Å². The Balaban J connectivity index is 2.25. The van der Waals surface area contributed by atoms with Crippen molar-refractivity contribution in [2.45, 2.75) is 18.8 Å². The van der Waals surface area contributed by atoms with Gasteiger partial charge in [0.2, 0.25) is 0 Å². The second-order valence-electron chi connectivity index (χ2n) is 3.88. The first-order chi connectivity index (χ1) is 6.14. The molecule has 2 rings (SSSR count). The van der Waals surface area contributed by atoms with Gasteiger partial charge in [0, 0.05) is 5.41 Å². The van der Waals surface area contributed by atoms with Crippen molar-refractivity contribution in [1.29, 1.82) is 0 Å². The Morgan fingerprint density at radius 2 is 2.08 bits per heavy atom. The lowest BCUT2D eigenvalue weighted by Crippen LogP contribution is -2.10. The van der Waals surface area contributed by atoms with Gasteiger partial charge in [0.1, 0.15) is 0 Å². The lowest BCUT2D eigenvalue weighted by molar-refractivity contribution is -0.138. The lowest BCUT2D eigenvalue weighted by atomic mass is 9.96. The maximum Gasteiger partial charge on any atom is 0.307 e. The predicted octanol–water partition coefficient (Wildman–Crippen LogP) is 2.05. The number of carboxylic acid groups (broad SMARTS) is 1. The lowest BCUT2D eigenvalue weighted by Gasteiger charge is -2.08. The Kier molecular flexibility index (Phi) is 1.65. The molecule has 0 saturated heterocycles. The molecule has 0 aliphatic heterocycles. The molecule has 1 saturated carbocycles. The molecule has 0 bridgehead atoms. The summed E-state index contributed by atoms with van der Waals surface area (Å²) in [6, 6.07) is 9.87. The van der Waals surface area contributed by atoms with Gasteiger partial charge >= 0.3 is 5.97 Å². The zero-order valence-electron chi connectivity index (χ0n) is 7.53. The minimum absolute atomic E-state index is 0.118. The first kappa shape index (κ1) is 8.30. The highest BCUT2D eigenvalue weighted by Gasteiger charge is 2.55. The predicted molar refractivity (Wildman–Crippen MR) is 49.5 cm³/mol. The van der Waals surface area contributed by atoms with Gasteiger partial charge in [-0.25, -0.2) is 0 Å². The molecule has 2 heteroatoms. The Morgan fingerprint density at radius 1 is 1.46 bits per heavy atom. The normalized spacial score (nSPS) is 31.3. The van der Waals surface area contributed by atoms with Crippen LogP contribution < -0.4 is 0 Å². The summed E-state index contributed by atoms with van der Waals surface area (Å²) in [6.07, 6.45) is 0.770. The molecule has 13 heavy (non-hydrogen) atoms. The zero-order valence-corrected chi connectivity index (χ0v) is 7.53. The van der Waals surface area contributed by atoms with Gasteiger partial charge in [-0.15, -0.1) is 0 Å². The van der Waals surface area contributed by atoms with E-state index >= 15 is 0 Å². The Morgan fingerprint density at radius 3 is 2.54 bits per heavy atom. The van der Waals surface area contributed by atoms with Crippen LogP contribution in [0.1, 0.15) is 18.9 Å². The van der Waals surface area contributed by atoms with Crippen molar-refractivity contribution in [3.8, 4) is 0 Å². The number of carboxylic acids is 1. The average molecular weight is 176 g/mol. The minimum Gasteiger partial charge on any atom is -0.481 e. The quantitative estimate of drug-likeness (QED) is 0.748. The van der Waals surface area contributed by atoms with E-state index in [0.717, 1.165) is 12.0 Å². The van der Waals surface area contributed by atoms with E-state index in [-0.39, 0.29) is 11.3 Å². The highest BCUT2D eigenvalue weighted by molar-refractivity contribution is 5.77.